The van der Waals surface area contributed by atoms with E-state index in [9.17, 15) is 0 Å². The van der Waals surface area contributed by atoms with Crippen molar-refractivity contribution in [2.45, 2.75) is 13.5 Å². The van der Waals surface area contributed by atoms with E-state index >= 15 is 0 Å². The zero-order chi connectivity index (χ0) is 15.1. The summed E-state index contributed by atoms with van der Waals surface area (Å²) in [7, 11) is 0. The van der Waals surface area contributed by atoms with Crippen molar-refractivity contribution in [1.29, 1.82) is 0 Å². The molecule has 0 aromatic heterocycles. The van der Waals surface area contributed by atoms with Gasteiger partial charge in [0.1, 0.15) is 5.75 Å². The molecule has 1 aliphatic rings. The second kappa shape index (κ2) is 12.8. The average molecular weight is 495 g/mol. The lowest BCUT2D eigenvalue weighted by atomic mass is 10.2. The Morgan fingerprint density at radius 3 is 2.35 bits per heavy atom. The summed E-state index contributed by atoms with van der Waals surface area (Å²) in [4.78, 5) is 2.43. The Kier molecular flexibility index (Phi) is 13.0. The summed E-state index contributed by atoms with van der Waals surface area (Å²) >= 11 is 7.13. The molecular weight excluding hydrogens is 471 g/mol. The summed E-state index contributed by atoms with van der Waals surface area (Å²) in [6, 6.07) is 4.22. The van der Waals surface area contributed by atoms with Crippen LogP contribution >= 0.6 is 56.7 Å². The van der Waals surface area contributed by atoms with Gasteiger partial charge in [-0.15, -0.1) is 24.8 Å². The Labute approximate surface area is 167 Å². The molecule has 1 aromatic rings. The molecule has 1 aromatic carbocycles. The molecule has 0 unspecified atom stereocenters. The average Bonchev–Trinajstić information content (AvgIpc) is 2.48. The van der Waals surface area contributed by atoms with Crippen molar-refractivity contribution in [1.82, 2.24) is 10.2 Å². The number of morpholine rings is 1. The quantitative estimate of drug-likeness (QED) is 0.583. The standard InChI is InChI=1S/C15H22Br2N2O2.2ClH/c1-2-21-15-13(16)9-12(10-14(15)17)11-18-3-4-19-5-7-20-8-6-19;;/h9-10,18H,2-8,11H2,1H3;2*1H. The van der Waals surface area contributed by atoms with Gasteiger partial charge in [0.2, 0.25) is 0 Å². The van der Waals surface area contributed by atoms with Crippen LogP contribution in [-0.4, -0.2) is 50.9 Å². The highest BCUT2D eigenvalue weighted by Crippen LogP contribution is 2.34. The summed E-state index contributed by atoms with van der Waals surface area (Å²) in [6.07, 6.45) is 0. The second-order valence-electron chi connectivity index (χ2n) is 4.95. The van der Waals surface area contributed by atoms with Crippen molar-refractivity contribution in [3.8, 4) is 5.75 Å². The number of halogens is 4. The van der Waals surface area contributed by atoms with Crippen LogP contribution in [0.3, 0.4) is 0 Å². The highest BCUT2D eigenvalue weighted by Gasteiger charge is 2.10. The first-order valence-electron chi connectivity index (χ1n) is 7.32. The zero-order valence-corrected chi connectivity index (χ0v) is 18.0. The molecule has 0 radical (unpaired) electrons. The summed E-state index contributed by atoms with van der Waals surface area (Å²) in [5.74, 6) is 0.870. The fourth-order valence-electron chi connectivity index (χ4n) is 2.29. The number of nitrogens with one attached hydrogen (secondary N) is 1. The Bertz CT molecular complexity index is 438. The molecule has 0 amide bonds. The molecule has 134 valence electrons. The second-order valence-corrected chi connectivity index (χ2v) is 6.66. The maximum Gasteiger partial charge on any atom is 0.147 e. The third-order valence-electron chi connectivity index (χ3n) is 3.38. The van der Waals surface area contributed by atoms with Crippen LogP contribution < -0.4 is 10.1 Å². The Morgan fingerprint density at radius 1 is 1.17 bits per heavy atom. The molecule has 0 saturated carbocycles. The van der Waals surface area contributed by atoms with Gasteiger partial charge in [-0.05, 0) is 56.5 Å². The van der Waals surface area contributed by atoms with Gasteiger partial charge in [0.15, 0.2) is 0 Å². The number of hydrogen-bond acceptors (Lipinski definition) is 4. The number of ether oxygens (including phenoxy) is 2. The van der Waals surface area contributed by atoms with Crippen LogP contribution in [0.15, 0.2) is 21.1 Å². The van der Waals surface area contributed by atoms with Crippen molar-refractivity contribution in [3.63, 3.8) is 0 Å². The summed E-state index contributed by atoms with van der Waals surface area (Å²) < 4.78 is 12.9. The SMILES string of the molecule is CCOc1c(Br)cc(CNCCN2CCOCC2)cc1Br.Cl.Cl. The maximum absolute atomic E-state index is 5.59. The van der Waals surface area contributed by atoms with E-state index in [0.29, 0.717) is 6.61 Å². The molecule has 1 heterocycles. The predicted molar refractivity (Wildman–Crippen MR) is 106 cm³/mol. The van der Waals surface area contributed by atoms with Crippen molar-refractivity contribution in [2.75, 3.05) is 46.0 Å². The zero-order valence-electron chi connectivity index (χ0n) is 13.1. The maximum atomic E-state index is 5.59. The Balaban J connectivity index is 0.00000242. The topological polar surface area (TPSA) is 33.7 Å². The van der Waals surface area contributed by atoms with Gasteiger partial charge in [0.25, 0.3) is 0 Å². The third kappa shape index (κ3) is 7.90. The monoisotopic (exact) mass is 492 g/mol. The van der Waals surface area contributed by atoms with Crippen molar-refractivity contribution in [3.05, 3.63) is 26.6 Å². The van der Waals surface area contributed by atoms with Gasteiger partial charge in [-0.25, -0.2) is 0 Å². The van der Waals surface area contributed by atoms with Crippen LogP contribution in [0.4, 0.5) is 0 Å². The van der Waals surface area contributed by atoms with E-state index in [4.69, 9.17) is 9.47 Å². The number of benzene rings is 1. The molecule has 23 heavy (non-hydrogen) atoms. The van der Waals surface area contributed by atoms with Crippen LogP contribution in [0.25, 0.3) is 0 Å². The van der Waals surface area contributed by atoms with Crippen LogP contribution in [-0.2, 0) is 11.3 Å². The van der Waals surface area contributed by atoms with Crippen LogP contribution in [0.2, 0.25) is 0 Å². The summed E-state index contributed by atoms with van der Waals surface area (Å²) in [6.45, 7) is 9.37. The number of nitrogens with zero attached hydrogens (tertiary/aromatic N) is 1. The highest BCUT2D eigenvalue weighted by atomic mass is 79.9. The van der Waals surface area contributed by atoms with E-state index < -0.39 is 0 Å². The fourth-order valence-corrected chi connectivity index (χ4v) is 3.80. The van der Waals surface area contributed by atoms with Crippen molar-refractivity contribution < 1.29 is 9.47 Å². The summed E-state index contributed by atoms with van der Waals surface area (Å²) in [5, 5.41) is 3.49. The smallest absolute Gasteiger partial charge is 0.147 e. The van der Waals surface area contributed by atoms with Gasteiger partial charge in [-0.1, -0.05) is 0 Å². The molecule has 1 N–H and O–H groups in total. The van der Waals surface area contributed by atoms with Gasteiger partial charge in [0, 0.05) is 32.7 Å². The van der Waals surface area contributed by atoms with E-state index in [1.165, 1.54) is 5.56 Å². The first kappa shape index (κ1) is 23.4. The summed E-state index contributed by atoms with van der Waals surface area (Å²) in [5.41, 5.74) is 1.24. The van der Waals surface area contributed by atoms with E-state index in [1.54, 1.807) is 0 Å². The molecule has 1 fully saturated rings. The molecule has 2 rings (SSSR count). The van der Waals surface area contributed by atoms with Crippen LogP contribution in [0.1, 0.15) is 12.5 Å². The lowest BCUT2D eigenvalue weighted by molar-refractivity contribution is 0.0384. The lowest BCUT2D eigenvalue weighted by Gasteiger charge is -2.26. The van der Waals surface area contributed by atoms with E-state index in [1.807, 2.05) is 6.92 Å². The lowest BCUT2D eigenvalue weighted by Crippen LogP contribution is -2.40. The molecular formula is C15H24Br2Cl2N2O2. The van der Waals surface area contributed by atoms with Gasteiger partial charge in [0.05, 0.1) is 28.8 Å². The predicted octanol–water partition coefficient (Wildman–Crippen LogP) is 3.88. The molecule has 0 atom stereocenters. The van der Waals surface area contributed by atoms with Crippen molar-refractivity contribution >= 4 is 56.7 Å². The molecule has 1 saturated heterocycles. The molecule has 0 aliphatic carbocycles. The first-order valence-corrected chi connectivity index (χ1v) is 8.91. The van der Waals surface area contributed by atoms with E-state index in [-0.39, 0.29) is 24.8 Å². The van der Waals surface area contributed by atoms with Crippen LogP contribution in [0, 0.1) is 0 Å². The van der Waals surface area contributed by atoms with Crippen LogP contribution in [0.5, 0.6) is 5.75 Å². The van der Waals surface area contributed by atoms with Crippen molar-refractivity contribution in [2.24, 2.45) is 0 Å². The number of rotatable bonds is 7. The van der Waals surface area contributed by atoms with Gasteiger partial charge < -0.3 is 14.8 Å². The van der Waals surface area contributed by atoms with Gasteiger partial charge in [-0.3, -0.25) is 4.90 Å². The molecule has 0 bridgehead atoms. The minimum absolute atomic E-state index is 0. The Hall–Kier alpha value is 0.440. The Morgan fingerprint density at radius 2 is 1.78 bits per heavy atom. The van der Waals surface area contributed by atoms with E-state index in [2.05, 4.69) is 54.2 Å². The molecule has 1 aliphatic heterocycles. The van der Waals surface area contributed by atoms with Gasteiger partial charge in [-0.2, -0.15) is 0 Å². The third-order valence-corrected chi connectivity index (χ3v) is 4.56. The minimum Gasteiger partial charge on any atom is -0.492 e. The largest absolute Gasteiger partial charge is 0.492 e. The van der Waals surface area contributed by atoms with Gasteiger partial charge >= 0.3 is 0 Å². The fraction of sp³-hybridized carbons (Fsp3) is 0.600. The molecule has 4 nitrogen and oxygen atoms in total. The minimum atomic E-state index is 0. The molecule has 0 spiro atoms. The highest BCUT2D eigenvalue weighted by molar-refractivity contribution is 9.11. The van der Waals surface area contributed by atoms with E-state index in [0.717, 1.165) is 60.6 Å². The number of hydrogen-bond donors (Lipinski definition) is 1. The molecule has 8 heteroatoms. The normalized spacial score (nSPS) is 14.7. The first-order chi connectivity index (χ1) is 10.2.